The molecule has 7 nitrogen and oxygen atoms in total. The number of carbonyl (C=O) groups excluding carboxylic acids is 2. The van der Waals surface area contributed by atoms with Gasteiger partial charge in [0.05, 0.1) is 5.75 Å². The van der Waals surface area contributed by atoms with Crippen LogP contribution in [0, 0.1) is 10.8 Å². The predicted octanol–water partition coefficient (Wildman–Crippen LogP) is 4.35. The van der Waals surface area contributed by atoms with Crippen LogP contribution in [0.15, 0.2) is 4.34 Å². The Kier molecular flexibility index (Phi) is 6.82. The minimum Gasteiger partial charge on any atom is -0.455 e. The number of thioether (sulfide) groups is 1. The minimum atomic E-state index is -0.385. The number of hydrogen-bond acceptors (Lipinski definition) is 8. The zero-order valence-corrected chi connectivity index (χ0v) is 20.4. The molecule has 2 saturated carbocycles. The minimum absolute atomic E-state index is 0.0698. The van der Waals surface area contributed by atoms with E-state index in [1.54, 1.807) is 0 Å². The van der Waals surface area contributed by atoms with Crippen LogP contribution in [0.5, 0.6) is 0 Å². The van der Waals surface area contributed by atoms with E-state index in [0.29, 0.717) is 6.04 Å². The van der Waals surface area contributed by atoms with E-state index in [-0.39, 0.29) is 41.1 Å². The average molecular weight is 467 g/mol. The van der Waals surface area contributed by atoms with Gasteiger partial charge in [-0.05, 0) is 42.9 Å². The second-order valence-electron chi connectivity index (χ2n) is 10.5. The van der Waals surface area contributed by atoms with E-state index in [4.69, 9.17) is 4.74 Å². The van der Waals surface area contributed by atoms with Crippen molar-refractivity contribution in [2.24, 2.45) is 10.8 Å². The zero-order chi connectivity index (χ0) is 22.1. The molecule has 1 aromatic rings. The molecule has 0 unspecified atom stereocenters. The molecule has 1 aliphatic heterocycles. The van der Waals surface area contributed by atoms with Crippen molar-refractivity contribution in [2.75, 3.05) is 24.2 Å². The van der Waals surface area contributed by atoms with E-state index in [0.717, 1.165) is 35.3 Å². The molecule has 2 aliphatic carbocycles. The van der Waals surface area contributed by atoms with Crippen LogP contribution in [0.2, 0.25) is 0 Å². The number of likely N-dealkylation sites (tertiary alicyclic amines) is 1. The number of fused-ring (bicyclic) bond motifs is 2. The first-order valence-electron chi connectivity index (χ1n) is 11.4. The molecule has 2 atom stereocenters. The number of carbonyl (C=O) groups is 2. The Morgan fingerprint density at radius 1 is 1.19 bits per heavy atom. The van der Waals surface area contributed by atoms with Crippen molar-refractivity contribution in [3.8, 4) is 0 Å². The van der Waals surface area contributed by atoms with Crippen LogP contribution < -0.4 is 5.32 Å². The molecule has 1 saturated heterocycles. The Hall–Kier alpha value is -1.35. The first kappa shape index (κ1) is 22.8. The number of amides is 1. The van der Waals surface area contributed by atoms with Crippen LogP contribution in [-0.4, -0.2) is 58.0 Å². The Morgan fingerprint density at radius 3 is 2.74 bits per heavy atom. The summed E-state index contributed by atoms with van der Waals surface area (Å²) in [6, 6.07) is 0.749. The molecule has 2 bridgehead atoms. The summed E-state index contributed by atoms with van der Waals surface area (Å²) in [7, 11) is 0. The number of nitrogens with zero attached hydrogens (tertiary/aromatic N) is 3. The average Bonchev–Trinajstić information content (AvgIpc) is 3.25. The van der Waals surface area contributed by atoms with Gasteiger partial charge in [-0.15, -0.1) is 10.2 Å². The van der Waals surface area contributed by atoms with E-state index in [2.05, 4.69) is 36.3 Å². The Labute approximate surface area is 193 Å². The van der Waals surface area contributed by atoms with Gasteiger partial charge in [-0.1, -0.05) is 63.1 Å². The molecule has 172 valence electrons. The first-order chi connectivity index (χ1) is 14.7. The Balaban J connectivity index is 1.19. The van der Waals surface area contributed by atoms with Gasteiger partial charge in [0.2, 0.25) is 5.13 Å². The van der Waals surface area contributed by atoms with Gasteiger partial charge < -0.3 is 15.0 Å². The smallest absolute Gasteiger partial charge is 0.316 e. The van der Waals surface area contributed by atoms with Gasteiger partial charge in [-0.25, -0.2) is 0 Å². The van der Waals surface area contributed by atoms with E-state index in [9.17, 15) is 9.59 Å². The number of anilines is 1. The highest BCUT2D eigenvalue weighted by Gasteiger charge is 2.50. The number of nitrogens with one attached hydrogen (secondary N) is 1. The lowest BCUT2D eigenvalue weighted by atomic mass is 9.65. The fourth-order valence-corrected chi connectivity index (χ4v) is 7.51. The van der Waals surface area contributed by atoms with Gasteiger partial charge in [0, 0.05) is 18.6 Å². The summed E-state index contributed by atoms with van der Waals surface area (Å²) in [5, 5.41) is 12.6. The van der Waals surface area contributed by atoms with Crippen LogP contribution in [0.25, 0.3) is 0 Å². The van der Waals surface area contributed by atoms with Crippen molar-refractivity contribution in [1.29, 1.82) is 0 Å². The van der Waals surface area contributed by atoms with Gasteiger partial charge >= 0.3 is 5.97 Å². The van der Waals surface area contributed by atoms with Crippen LogP contribution in [0.4, 0.5) is 5.13 Å². The summed E-state index contributed by atoms with van der Waals surface area (Å²) in [5.74, 6) is -0.316. The Bertz CT molecular complexity index is 808. The first-order valence-corrected chi connectivity index (χ1v) is 13.2. The fourth-order valence-electron chi connectivity index (χ4n) is 5.89. The third-order valence-corrected chi connectivity index (χ3v) is 8.71. The van der Waals surface area contributed by atoms with Crippen LogP contribution in [0.3, 0.4) is 0 Å². The maximum absolute atomic E-state index is 12.7. The quantitative estimate of drug-likeness (QED) is 0.472. The van der Waals surface area contributed by atoms with Crippen molar-refractivity contribution in [3.05, 3.63) is 0 Å². The number of esters is 1. The lowest BCUT2D eigenvalue weighted by molar-refractivity contribution is -0.150. The number of rotatable bonds is 7. The highest BCUT2D eigenvalue weighted by molar-refractivity contribution is 8.01. The summed E-state index contributed by atoms with van der Waals surface area (Å²) in [6.07, 6.45) is 9.40. The van der Waals surface area contributed by atoms with Gasteiger partial charge in [-0.3, -0.25) is 9.59 Å². The number of aromatic nitrogens is 2. The van der Waals surface area contributed by atoms with E-state index in [1.165, 1.54) is 55.2 Å². The molecule has 31 heavy (non-hydrogen) atoms. The molecule has 3 fully saturated rings. The summed E-state index contributed by atoms with van der Waals surface area (Å²) < 4.78 is 6.03. The summed E-state index contributed by atoms with van der Waals surface area (Å²) in [4.78, 5) is 26.9. The molecular formula is C22H34N4O3S2. The highest BCUT2D eigenvalue weighted by atomic mass is 32.2. The van der Waals surface area contributed by atoms with Crippen molar-refractivity contribution >= 4 is 40.1 Å². The third-order valence-electron chi connectivity index (χ3n) is 6.74. The van der Waals surface area contributed by atoms with Crippen molar-refractivity contribution in [1.82, 2.24) is 15.1 Å². The largest absolute Gasteiger partial charge is 0.455 e. The third kappa shape index (κ3) is 5.92. The molecule has 4 rings (SSSR count). The summed E-state index contributed by atoms with van der Waals surface area (Å²) in [6.45, 7) is 7.44. The van der Waals surface area contributed by atoms with E-state index < -0.39 is 0 Å². The molecule has 1 N–H and O–H groups in total. The summed E-state index contributed by atoms with van der Waals surface area (Å²) in [5.41, 5.74) is 0.440. The summed E-state index contributed by atoms with van der Waals surface area (Å²) >= 11 is 2.79. The lowest BCUT2D eigenvalue weighted by Gasteiger charge is -2.39. The number of ether oxygens (including phenoxy) is 1. The van der Waals surface area contributed by atoms with Crippen LogP contribution in [0.1, 0.15) is 72.1 Å². The normalized spacial score (nSPS) is 27.8. The molecular weight excluding hydrogens is 432 g/mol. The molecule has 2 heterocycles. The molecule has 3 aliphatic rings. The molecule has 1 aromatic heterocycles. The lowest BCUT2D eigenvalue weighted by Crippen LogP contribution is -2.40. The standard InChI is InChI=1S/C22H34N4O3S2/c1-21(2)9-16-10-22(3,13-21)14-26(16)17(27)11-29-18(28)12-30-20-25-24-19(31-20)23-15-7-5-4-6-8-15/h15-16H,4-14H2,1-3H3,(H,23,24)/t16-,22+/m1/s1. The molecule has 1 amide bonds. The zero-order valence-electron chi connectivity index (χ0n) is 18.8. The van der Waals surface area contributed by atoms with Gasteiger partial charge in [0.1, 0.15) is 0 Å². The molecule has 0 radical (unpaired) electrons. The second-order valence-corrected chi connectivity index (χ2v) is 12.7. The SMILES string of the molecule is CC1(C)C[C@@H]2C[C@](C)(CN2C(=O)COC(=O)CSc2nnc(NC3CCCCC3)s2)C1. The van der Waals surface area contributed by atoms with Gasteiger partial charge in [-0.2, -0.15) is 0 Å². The maximum Gasteiger partial charge on any atom is 0.316 e. The Morgan fingerprint density at radius 2 is 1.97 bits per heavy atom. The number of hydrogen-bond donors (Lipinski definition) is 1. The second kappa shape index (κ2) is 9.25. The van der Waals surface area contributed by atoms with E-state index >= 15 is 0 Å². The molecule has 0 aromatic carbocycles. The topological polar surface area (TPSA) is 84.4 Å². The van der Waals surface area contributed by atoms with E-state index in [1.807, 2.05) is 4.90 Å². The van der Waals surface area contributed by atoms with Crippen molar-refractivity contribution in [2.45, 2.75) is 88.6 Å². The maximum atomic E-state index is 12.7. The van der Waals surface area contributed by atoms with Gasteiger partial charge in [0.25, 0.3) is 5.91 Å². The van der Waals surface area contributed by atoms with Crippen molar-refractivity contribution < 1.29 is 14.3 Å². The predicted molar refractivity (Wildman–Crippen MR) is 123 cm³/mol. The monoisotopic (exact) mass is 466 g/mol. The van der Waals surface area contributed by atoms with Gasteiger partial charge in [0.15, 0.2) is 10.9 Å². The molecule has 0 spiro atoms. The van der Waals surface area contributed by atoms with Crippen LogP contribution in [-0.2, 0) is 14.3 Å². The molecule has 9 heteroatoms. The highest BCUT2D eigenvalue weighted by Crippen LogP contribution is 2.52. The van der Waals surface area contributed by atoms with Crippen LogP contribution >= 0.6 is 23.1 Å². The fraction of sp³-hybridized carbons (Fsp3) is 0.818. The van der Waals surface area contributed by atoms with Crippen molar-refractivity contribution in [3.63, 3.8) is 0 Å².